The van der Waals surface area contributed by atoms with E-state index in [1.807, 2.05) is 36.4 Å². The molecule has 3 rings (SSSR count). The van der Waals surface area contributed by atoms with Crippen molar-refractivity contribution in [3.63, 3.8) is 0 Å². The van der Waals surface area contributed by atoms with Crippen molar-refractivity contribution in [2.45, 2.75) is 44.2 Å². The summed E-state index contributed by atoms with van der Waals surface area (Å²) in [7, 11) is 1.56. The van der Waals surface area contributed by atoms with Gasteiger partial charge in [-0.1, -0.05) is 55.7 Å². The van der Waals surface area contributed by atoms with Gasteiger partial charge in [0.2, 0.25) is 5.91 Å². The summed E-state index contributed by atoms with van der Waals surface area (Å²) in [6.07, 6.45) is 6.53. The molecule has 0 bridgehead atoms. The Kier molecular flexibility index (Phi) is 7.12. The van der Waals surface area contributed by atoms with E-state index in [1.165, 1.54) is 6.08 Å². The van der Waals surface area contributed by atoms with Crippen LogP contribution in [0, 0.1) is 0 Å². The highest BCUT2D eigenvalue weighted by molar-refractivity contribution is 5.95. The number of aliphatic carboxylic acids is 1. The van der Waals surface area contributed by atoms with Crippen molar-refractivity contribution in [1.29, 1.82) is 0 Å². The summed E-state index contributed by atoms with van der Waals surface area (Å²) in [6.45, 7) is 0.423. The molecule has 0 heterocycles. The molecule has 1 fully saturated rings. The van der Waals surface area contributed by atoms with Gasteiger partial charge in [-0.2, -0.15) is 0 Å². The van der Waals surface area contributed by atoms with E-state index in [9.17, 15) is 14.7 Å². The van der Waals surface area contributed by atoms with Gasteiger partial charge in [0.25, 0.3) is 0 Å². The molecule has 1 saturated carbocycles. The molecule has 0 aromatic heterocycles. The molecule has 0 saturated heterocycles. The molecule has 6 heteroatoms. The molecule has 0 aliphatic heterocycles. The molecule has 1 aliphatic carbocycles. The monoisotopic (exact) mass is 409 g/mol. The van der Waals surface area contributed by atoms with Gasteiger partial charge in [0.1, 0.15) is 12.1 Å². The van der Waals surface area contributed by atoms with Gasteiger partial charge in [0.05, 0.1) is 7.11 Å². The number of carboxylic acid groups (broad SMARTS) is 1. The third-order valence-corrected chi connectivity index (χ3v) is 5.33. The Morgan fingerprint density at radius 2 is 1.80 bits per heavy atom. The van der Waals surface area contributed by atoms with Crippen molar-refractivity contribution in [2.75, 3.05) is 7.11 Å². The number of carboxylic acids is 1. The fourth-order valence-corrected chi connectivity index (χ4v) is 3.64. The number of benzene rings is 2. The molecule has 0 atom stereocenters. The average molecular weight is 409 g/mol. The summed E-state index contributed by atoms with van der Waals surface area (Å²) >= 11 is 0. The first-order chi connectivity index (χ1) is 14.5. The fraction of sp³-hybridized carbons (Fsp3) is 0.333. The van der Waals surface area contributed by atoms with Gasteiger partial charge >= 0.3 is 5.97 Å². The lowest BCUT2D eigenvalue weighted by atomic mass is 9.81. The topological polar surface area (TPSA) is 84.9 Å². The standard InChI is InChI=1S/C24H27NO5/c1-29-21-16-18(10-12-20(21)30-17-19-8-4-2-5-9-19)11-13-22(26)25-24(23(27)28)14-6-3-7-15-24/h2,4-5,8-13,16H,3,6-7,14-15,17H2,1H3,(H,25,26)(H,27,28)/b13-11+. The average Bonchev–Trinajstić information content (AvgIpc) is 2.77. The molecule has 2 N–H and O–H groups in total. The van der Waals surface area contributed by atoms with Gasteiger partial charge in [-0.25, -0.2) is 4.79 Å². The summed E-state index contributed by atoms with van der Waals surface area (Å²) in [5, 5.41) is 12.3. The van der Waals surface area contributed by atoms with E-state index in [-0.39, 0.29) is 0 Å². The van der Waals surface area contributed by atoms with Gasteiger partial charge in [-0.05, 0) is 42.2 Å². The third-order valence-electron chi connectivity index (χ3n) is 5.33. The molecule has 158 valence electrons. The first kappa shape index (κ1) is 21.4. The highest BCUT2D eigenvalue weighted by atomic mass is 16.5. The summed E-state index contributed by atoms with van der Waals surface area (Å²) in [5.74, 6) is -0.217. The van der Waals surface area contributed by atoms with Crippen molar-refractivity contribution < 1.29 is 24.2 Å². The van der Waals surface area contributed by atoms with Crippen LogP contribution in [-0.2, 0) is 16.2 Å². The second-order valence-electron chi connectivity index (χ2n) is 7.46. The minimum atomic E-state index is -1.16. The second kappa shape index (κ2) is 9.96. The Hall–Kier alpha value is -3.28. The van der Waals surface area contributed by atoms with Crippen LogP contribution in [0.1, 0.15) is 43.2 Å². The Morgan fingerprint density at radius 3 is 2.47 bits per heavy atom. The molecule has 1 aliphatic rings. The second-order valence-corrected chi connectivity index (χ2v) is 7.46. The van der Waals surface area contributed by atoms with Crippen LogP contribution in [-0.4, -0.2) is 29.6 Å². The van der Waals surface area contributed by atoms with E-state index < -0.39 is 17.4 Å². The first-order valence-electron chi connectivity index (χ1n) is 10.1. The molecular weight excluding hydrogens is 382 g/mol. The zero-order valence-electron chi connectivity index (χ0n) is 17.1. The summed E-state index contributed by atoms with van der Waals surface area (Å²) in [4.78, 5) is 24.1. The van der Waals surface area contributed by atoms with E-state index >= 15 is 0 Å². The summed E-state index contributed by atoms with van der Waals surface area (Å²) < 4.78 is 11.3. The maximum absolute atomic E-state index is 12.4. The molecule has 6 nitrogen and oxygen atoms in total. The van der Waals surface area contributed by atoms with Crippen LogP contribution >= 0.6 is 0 Å². The summed E-state index contributed by atoms with van der Waals surface area (Å²) in [5.41, 5.74) is 0.643. The third kappa shape index (κ3) is 5.41. The van der Waals surface area contributed by atoms with Crippen molar-refractivity contribution in [3.8, 4) is 11.5 Å². The quantitative estimate of drug-likeness (QED) is 0.639. The molecular formula is C24H27NO5. The van der Waals surface area contributed by atoms with Crippen molar-refractivity contribution in [2.24, 2.45) is 0 Å². The number of hydrogen-bond donors (Lipinski definition) is 2. The molecule has 0 spiro atoms. The minimum Gasteiger partial charge on any atom is -0.493 e. The van der Waals surface area contributed by atoms with Gasteiger partial charge in [-0.15, -0.1) is 0 Å². The van der Waals surface area contributed by atoms with Crippen LogP contribution in [0.2, 0.25) is 0 Å². The largest absolute Gasteiger partial charge is 0.493 e. The van der Waals surface area contributed by atoms with Gasteiger partial charge in [-0.3, -0.25) is 4.79 Å². The van der Waals surface area contributed by atoms with E-state index in [0.717, 1.165) is 30.4 Å². The number of nitrogens with one attached hydrogen (secondary N) is 1. The molecule has 30 heavy (non-hydrogen) atoms. The van der Waals surface area contributed by atoms with Crippen LogP contribution < -0.4 is 14.8 Å². The lowest BCUT2D eigenvalue weighted by Crippen LogP contribution is -2.55. The van der Waals surface area contributed by atoms with Crippen LogP contribution in [0.5, 0.6) is 11.5 Å². The van der Waals surface area contributed by atoms with Crippen LogP contribution in [0.25, 0.3) is 6.08 Å². The maximum atomic E-state index is 12.4. The molecule has 2 aromatic carbocycles. The Bertz CT molecular complexity index is 901. The van der Waals surface area contributed by atoms with Crippen LogP contribution in [0.3, 0.4) is 0 Å². The lowest BCUT2D eigenvalue weighted by molar-refractivity contribution is -0.148. The lowest BCUT2D eigenvalue weighted by Gasteiger charge is -2.33. The number of methoxy groups -OCH3 is 1. The van der Waals surface area contributed by atoms with Crippen molar-refractivity contribution in [1.82, 2.24) is 5.32 Å². The zero-order chi connectivity index (χ0) is 21.4. The normalized spacial score (nSPS) is 15.5. The van der Waals surface area contributed by atoms with Gasteiger partial charge in [0, 0.05) is 6.08 Å². The first-order valence-corrected chi connectivity index (χ1v) is 10.1. The van der Waals surface area contributed by atoms with Crippen LogP contribution in [0.15, 0.2) is 54.6 Å². The number of carbonyl (C=O) groups excluding carboxylic acids is 1. The Balaban J connectivity index is 1.64. The molecule has 2 aromatic rings. The SMILES string of the molecule is COc1cc(/C=C/C(=O)NC2(C(=O)O)CCCCC2)ccc1OCc1ccccc1. The van der Waals surface area contributed by atoms with E-state index in [1.54, 1.807) is 25.3 Å². The van der Waals surface area contributed by atoms with Crippen LogP contribution in [0.4, 0.5) is 0 Å². The molecule has 0 unspecified atom stereocenters. The number of hydrogen-bond acceptors (Lipinski definition) is 4. The number of ether oxygens (including phenoxy) is 2. The Labute approximate surface area is 176 Å². The Morgan fingerprint density at radius 1 is 1.07 bits per heavy atom. The maximum Gasteiger partial charge on any atom is 0.329 e. The molecule has 1 amide bonds. The highest BCUT2D eigenvalue weighted by Gasteiger charge is 2.40. The highest BCUT2D eigenvalue weighted by Crippen LogP contribution is 2.30. The van der Waals surface area contributed by atoms with E-state index in [4.69, 9.17) is 9.47 Å². The number of rotatable bonds is 8. The van der Waals surface area contributed by atoms with Crippen molar-refractivity contribution >= 4 is 18.0 Å². The predicted octanol–water partition coefficient (Wildman–Crippen LogP) is 4.19. The fourth-order valence-electron chi connectivity index (χ4n) is 3.64. The molecule has 0 radical (unpaired) electrons. The van der Waals surface area contributed by atoms with Gasteiger partial charge in [0.15, 0.2) is 11.5 Å². The smallest absolute Gasteiger partial charge is 0.329 e. The predicted molar refractivity (Wildman–Crippen MR) is 114 cm³/mol. The minimum absolute atomic E-state index is 0.414. The zero-order valence-corrected chi connectivity index (χ0v) is 17.1. The van der Waals surface area contributed by atoms with Crippen molar-refractivity contribution in [3.05, 3.63) is 65.7 Å². The number of carbonyl (C=O) groups is 2. The number of amides is 1. The van der Waals surface area contributed by atoms with Gasteiger partial charge < -0.3 is 19.9 Å². The van der Waals surface area contributed by atoms with E-state index in [2.05, 4.69) is 5.32 Å². The van der Waals surface area contributed by atoms with E-state index in [0.29, 0.717) is 30.9 Å². The summed E-state index contributed by atoms with van der Waals surface area (Å²) in [6, 6.07) is 15.2.